The Kier molecular flexibility index (Phi) is 11.0. The first-order valence-corrected chi connectivity index (χ1v) is 16.2. The van der Waals surface area contributed by atoms with Crippen LogP contribution in [0, 0.1) is 5.92 Å². The molecule has 0 spiro atoms. The van der Waals surface area contributed by atoms with Crippen LogP contribution in [0.1, 0.15) is 46.0 Å². The summed E-state index contributed by atoms with van der Waals surface area (Å²) in [5.41, 5.74) is 1.68. The van der Waals surface area contributed by atoms with Crippen LogP contribution >= 0.6 is 11.8 Å². The van der Waals surface area contributed by atoms with Crippen molar-refractivity contribution in [3.05, 3.63) is 18.5 Å². The standard InChI is InChI=1S/C23H39N3O3SSi/c1-6-8-9-19(7-2)17-29-22(27)11-14-30-21-16-24-23-20(25-21)10-12-26(23)18-28-13-15-31(3,4)5/h10,12,16,19H,6-9,11,13-15,17-18H2,1-5H3. The quantitative estimate of drug-likeness (QED) is 0.139. The molecule has 0 saturated carbocycles. The first-order valence-electron chi connectivity index (χ1n) is 11.5. The first kappa shape index (κ1) is 25.9. The number of thioether (sulfide) groups is 1. The number of nitrogens with zero attached hydrogens (tertiary/aromatic N) is 3. The summed E-state index contributed by atoms with van der Waals surface area (Å²) in [5.74, 6) is 0.997. The van der Waals surface area contributed by atoms with E-state index in [2.05, 4.69) is 43.5 Å². The highest BCUT2D eigenvalue weighted by Crippen LogP contribution is 2.20. The average molecular weight is 466 g/mol. The topological polar surface area (TPSA) is 66.2 Å². The molecular weight excluding hydrogens is 426 g/mol. The number of carbonyl (C=O) groups is 1. The Morgan fingerprint density at radius 2 is 2.10 bits per heavy atom. The normalized spacial score (nSPS) is 12.9. The molecule has 1 unspecified atom stereocenters. The number of rotatable bonds is 15. The van der Waals surface area contributed by atoms with E-state index in [0.29, 0.717) is 31.4 Å². The molecule has 0 amide bonds. The molecule has 0 N–H and O–H groups in total. The number of ether oxygens (including phenoxy) is 2. The molecule has 0 radical (unpaired) electrons. The van der Waals surface area contributed by atoms with Gasteiger partial charge in [0.05, 0.1) is 19.2 Å². The van der Waals surface area contributed by atoms with Gasteiger partial charge < -0.3 is 14.0 Å². The van der Waals surface area contributed by atoms with Crippen molar-refractivity contribution in [2.75, 3.05) is 19.0 Å². The molecule has 0 aliphatic heterocycles. The maximum atomic E-state index is 12.0. The summed E-state index contributed by atoms with van der Waals surface area (Å²) in [7, 11) is -1.08. The van der Waals surface area contributed by atoms with E-state index in [1.54, 1.807) is 18.0 Å². The van der Waals surface area contributed by atoms with E-state index in [-0.39, 0.29) is 5.97 Å². The fourth-order valence-electron chi connectivity index (χ4n) is 3.08. The van der Waals surface area contributed by atoms with Crippen LogP contribution in [-0.2, 0) is 21.0 Å². The van der Waals surface area contributed by atoms with Gasteiger partial charge in [-0.3, -0.25) is 4.79 Å². The molecule has 1 atom stereocenters. The van der Waals surface area contributed by atoms with Gasteiger partial charge >= 0.3 is 5.97 Å². The van der Waals surface area contributed by atoms with Gasteiger partial charge in [-0.1, -0.05) is 52.8 Å². The second-order valence-corrected chi connectivity index (χ2v) is 16.0. The largest absolute Gasteiger partial charge is 0.465 e. The van der Waals surface area contributed by atoms with E-state index in [1.165, 1.54) is 12.8 Å². The van der Waals surface area contributed by atoms with Crippen molar-refractivity contribution in [2.45, 2.75) is 83.4 Å². The minimum atomic E-state index is -1.08. The molecule has 2 aromatic heterocycles. The Bertz CT molecular complexity index is 807. The highest BCUT2D eigenvalue weighted by atomic mass is 32.2. The van der Waals surface area contributed by atoms with Crippen molar-refractivity contribution in [2.24, 2.45) is 5.92 Å². The molecule has 2 aromatic rings. The maximum absolute atomic E-state index is 12.0. The zero-order valence-electron chi connectivity index (χ0n) is 19.9. The van der Waals surface area contributed by atoms with E-state index in [9.17, 15) is 4.79 Å². The fourth-order valence-corrected chi connectivity index (χ4v) is 4.60. The summed E-state index contributed by atoms with van der Waals surface area (Å²) in [4.78, 5) is 21.3. The van der Waals surface area contributed by atoms with Crippen molar-refractivity contribution < 1.29 is 14.3 Å². The first-order chi connectivity index (χ1) is 14.8. The van der Waals surface area contributed by atoms with Crippen molar-refractivity contribution in [1.29, 1.82) is 0 Å². The second-order valence-electron chi connectivity index (χ2n) is 9.25. The molecule has 2 rings (SSSR count). The zero-order chi connectivity index (χ0) is 22.7. The molecule has 174 valence electrons. The Labute approximate surface area is 192 Å². The molecule has 0 aliphatic rings. The lowest BCUT2D eigenvalue weighted by Gasteiger charge is -2.15. The van der Waals surface area contributed by atoms with Crippen LogP contribution < -0.4 is 0 Å². The summed E-state index contributed by atoms with van der Waals surface area (Å²) in [6, 6.07) is 3.11. The second kappa shape index (κ2) is 13.2. The lowest BCUT2D eigenvalue weighted by Crippen LogP contribution is -2.22. The zero-order valence-corrected chi connectivity index (χ0v) is 21.7. The smallest absolute Gasteiger partial charge is 0.306 e. The number of aromatic nitrogens is 3. The predicted octanol–water partition coefficient (Wildman–Crippen LogP) is 5.99. The summed E-state index contributed by atoms with van der Waals surface area (Å²) < 4.78 is 13.3. The minimum absolute atomic E-state index is 0.127. The molecule has 0 saturated heterocycles. The third-order valence-electron chi connectivity index (χ3n) is 5.25. The number of carbonyl (C=O) groups excluding carboxylic acids is 1. The van der Waals surface area contributed by atoms with E-state index < -0.39 is 8.07 Å². The van der Waals surface area contributed by atoms with Crippen molar-refractivity contribution in [1.82, 2.24) is 14.5 Å². The SMILES string of the molecule is CCCCC(CC)COC(=O)CCSc1cnc2c(ccn2COCC[Si](C)(C)C)n1. The van der Waals surface area contributed by atoms with Crippen molar-refractivity contribution in [3.63, 3.8) is 0 Å². The van der Waals surface area contributed by atoms with Crippen LogP contribution in [0.25, 0.3) is 11.2 Å². The van der Waals surface area contributed by atoms with E-state index in [0.717, 1.165) is 41.7 Å². The summed E-state index contributed by atoms with van der Waals surface area (Å²) in [5, 5.41) is 0.826. The molecule has 6 nitrogen and oxygen atoms in total. The van der Waals surface area contributed by atoms with Crippen LogP contribution in [0.2, 0.25) is 25.7 Å². The van der Waals surface area contributed by atoms with Crippen LogP contribution in [0.5, 0.6) is 0 Å². The molecule has 0 fully saturated rings. The molecule has 0 aliphatic carbocycles. The lowest BCUT2D eigenvalue weighted by molar-refractivity contribution is -0.144. The van der Waals surface area contributed by atoms with Gasteiger partial charge in [-0.2, -0.15) is 0 Å². The fraction of sp³-hybridized carbons (Fsp3) is 0.696. The molecule has 31 heavy (non-hydrogen) atoms. The molecular formula is C23H39N3O3SSi. The van der Waals surface area contributed by atoms with Gasteiger partial charge in [0, 0.05) is 26.6 Å². The minimum Gasteiger partial charge on any atom is -0.465 e. The van der Waals surface area contributed by atoms with Crippen molar-refractivity contribution >= 4 is 37.0 Å². The highest BCUT2D eigenvalue weighted by Gasteiger charge is 2.13. The number of hydrogen-bond donors (Lipinski definition) is 0. The predicted molar refractivity (Wildman–Crippen MR) is 131 cm³/mol. The van der Waals surface area contributed by atoms with Gasteiger partial charge in [0.15, 0.2) is 5.65 Å². The number of fused-ring (bicyclic) bond motifs is 1. The van der Waals surface area contributed by atoms with Crippen LogP contribution in [-0.4, -0.2) is 47.5 Å². The van der Waals surface area contributed by atoms with Gasteiger partial charge in [0.25, 0.3) is 0 Å². The number of unbranched alkanes of at least 4 members (excludes halogenated alkanes) is 1. The summed E-state index contributed by atoms with van der Waals surface area (Å²) in [6.45, 7) is 13.2. The Morgan fingerprint density at radius 3 is 2.81 bits per heavy atom. The Hall–Kier alpha value is -1.38. The Morgan fingerprint density at radius 1 is 1.29 bits per heavy atom. The monoisotopic (exact) mass is 465 g/mol. The molecule has 0 aromatic carbocycles. The van der Waals surface area contributed by atoms with Gasteiger partial charge in [-0.25, -0.2) is 9.97 Å². The molecule has 8 heteroatoms. The summed E-state index contributed by atoms with van der Waals surface area (Å²) >= 11 is 1.54. The molecule has 0 bridgehead atoms. The van der Waals surface area contributed by atoms with E-state index in [1.807, 2.05) is 16.8 Å². The third-order valence-corrected chi connectivity index (χ3v) is 7.85. The van der Waals surface area contributed by atoms with E-state index >= 15 is 0 Å². The van der Waals surface area contributed by atoms with Gasteiger partial charge in [-0.05, 0) is 24.4 Å². The maximum Gasteiger partial charge on any atom is 0.306 e. The Balaban J connectivity index is 1.74. The van der Waals surface area contributed by atoms with Crippen LogP contribution in [0.3, 0.4) is 0 Å². The molecule has 2 heterocycles. The van der Waals surface area contributed by atoms with Gasteiger partial charge in [-0.15, -0.1) is 11.8 Å². The number of esters is 1. The lowest BCUT2D eigenvalue weighted by atomic mass is 10.0. The number of hydrogen-bond acceptors (Lipinski definition) is 6. The highest BCUT2D eigenvalue weighted by molar-refractivity contribution is 7.99. The van der Waals surface area contributed by atoms with E-state index in [4.69, 9.17) is 9.47 Å². The van der Waals surface area contributed by atoms with Crippen LogP contribution in [0.15, 0.2) is 23.5 Å². The third kappa shape index (κ3) is 9.74. The van der Waals surface area contributed by atoms with Gasteiger partial charge in [0.2, 0.25) is 0 Å². The van der Waals surface area contributed by atoms with Crippen molar-refractivity contribution in [3.8, 4) is 0 Å². The van der Waals surface area contributed by atoms with Crippen LogP contribution in [0.4, 0.5) is 0 Å². The van der Waals surface area contributed by atoms with Gasteiger partial charge in [0.1, 0.15) is 17.3 Å². The summed E-state index contributed by atoms with van der Waals surface area (Å²) in [6.07, 6.45) is 8.69. The average Bonchev–Trinajstić information content (AvgIpc) is 3.13.